The Labute approximate surface area is 57.7 Å². The van der Waals surface area contributed by atoms with E-state index in [1.165, 1.54) is 11.8 Å². The number of carbonyl (C=O) groups is 1. The summed E-state index contributed by atoms with van der Waals surface area (Å²) in [5.41, 5.74) is 5.63. The van der Waals surface area contributed by atoms with E-state index in [0.717, 1.165) is 6.29 Å². The van der Waals surface area contributed by atoms with E-state index in [9.17, 15) is 4.79 Å². The molecule has 0 radical (unpaired) electrons. The number of rotatable bonds is 2. The van der Waals surface area contributed by atoms with Crippen LogP contribution in [0.5, 0.6) is 0 Å². The van der Waals surface area contributed by atoms with Gasteiger partial charge in [-0.05, 0) is 5.41 Å². The van der Waals surface area contributed by atoms with E-state index in [2.05, 4.69) is 5.32 Å². The molecule has 9 heavy (non-hydrogen) atoms. The first-order chi connectivity index (χ1) is 4.27. The van der Waals surface area contributed by atoms with Gasteiger partial charge < -0.3 is 10.1 Å². The zero-order valence-electron chi connectivity index (χ0n) is 4.83. The van der Waals surface area contributed by atoms with Crippen molar-refractivity contribution < 1.29 is 4.79 Å². The molecule has 1 heterocycles. The van der Waals surface area contributed by atoms with Crippen molar-refractivity contribution >= 4 is 18.0 Å². The first-order valence-electron chi connectivity index (χ1n) is 2.60. The van der Waals surface area contributed by atoms with Crippen molar-refractivity contribution in [3.05, 3.63) is 11.6 Å². The summed E-state index contributed by atoms with van der Waals surface area (Å²) in [5, 5.41) is 4.70. The van der Waals surface area contributed by atoms with Gasteiger partial charge in [0.05, 0.1) is 0 Å². The second kappa shape index (κ2) is 2.41. The van der Waals surface area contributed by atoms with Gasteiger partial charge in [0.2, 0.25) is 0 Å². The minimum atomic E-state index is -0.568. The second-order valence-electron chi connectivity index (χ2n) is 1.83. The highest BCUT2D eigenvalue weighted by molar-refractivity contribution is 8.03. The molecule has 0 aromatic rings. The molecule has 0 saturated carbocycles. The van der Waals surface area contributed by atoms with Crippen molar-refractivity contribution in [3.8, 4) is 0 Å². The highest BCUT2D eigenvalue weighted by Crippen LogP contribution is 2.24. The van der Waals surface area contributed by atoms with Gasteiger partial charge in [-0.25, -0.2) is 0 Å². The maximum atomic E-state index is 10.0. The summed E-state index contributed by atoms with van der Waals surface area (Å²) in [6, 6.07) is 0. The molecule has 3 N–H and O–H groups in total. The lowest BCUT2D eigenvalue weighted by Crippen LogP contribution is -2.45. The molecule has 1 atom stereocenters. The number of nitrogens with one attached hydrogen (secondary N) is 1. The molecule has 3 nitrogen and oxygen atoms in total. The van der Waals surface area contributed by atoms with Crippen LogP contribution in [-0.4, -0.2) is 11.3 Å². The van der Waals surface area contributed by atoms with E-state index in [1.807, 2.05) is 5.41 Å². The van der Waals surface area contributed by atoms with Gasteiger partial charge in [0.25, 0.3) is 0 Å². The fraction of sp³-hybridized carbons (Fsp3) is 0.400. The van der Waals surface area contributed by atoms with Crippen molar-refractivity contribution in [2.45, 2.75) is 11.4 Å². The summed E-state index contributed by atoms with van der Waals surface area (Å²) in [6.45, 7) is 0. The van der Waals surface area contributed by atoms with Gasteiger partial charge in [-0.3, -0.25) is 5.73 Å². The number of hydrogen-bond donors (Lipinski definition) is 2. The van der Waals surface area contributed by atoms with E-state index in [0.29, 0.717) is 6.42 Å². The Hall–Kier alpha value is -0.480. The first-order valence-corrected chi connectivity index (χ1v) is 3.48. The average Bonchev–Trinajstić information content (AvgIpc) is 2.16. The van der Waals surface area contributed by atoms with E-state index >= 15 is 0 Å². The zero-order valence-corrected chi connectivity index (χ0v) is 5.65. The highest BCUT2D eigenvalue weighted by atomic mass is 32.2. The van der Waals surface area contributed by atoms with Gasteiger partial charge in [-0.2, -0.15) is 0 Å². The highest BCUT2D eigenvalue weighted by Gasteiger charge is 2.25. The van der Waals surface area contributed by atoms with Gasteiger partial charge in [-0.1, -0.05) is 11.8 Å². The molecule has 0 fully saturated rings. The third-order valence-corrected chi connectivity index (χ3v) is 2.04. The molecule has 0 bridgehead atoms. The van der Waals surface area contributed by atoms with Gasteiger partial charge in [0.15, 0.2) is 0 Å². The predicted octanol–water partition coefficient (Wildman–Crippen LogP) is -0.00450. The lowest BCUT2D eigenvalue weighted by atomic mass is 10.4. The topological polar surface area (TPSA) is 55.1 Å². The molecule has 1 aliphatic rings. The predicted molar refractivity (Wildman–Crippen MR) is 37.5 cm³/mol. The second-order valence-corrected chi connectivity index (χ2v) is 3.06. The Morgan fingerprint density at radius 3 is 3.11 bits per heavy atom. The van der Waals surface area contributed by atoms with Crippen LogP contribution in [0.2, 0.25) is 0 Å². The van der Waals surface area contributed by atoms with E-state index < -0.39 is 4.99 Å². The molecule has 0 amide bonds. The standard InChI is InChI=1S/C5H8N2OS/c6-5(1-3-8)7-2-4-9-5/h2-4,7H,1,6H2. The Kier molecular flexibility index (Phi) is 1.78. The number of hydrogen-bond acceptors (Lipinski definition) is 4. The molecule has 1 aliphatic heterocycles. The average molecular weight is 144 g/mol. The summed E-state index contributed by atoms with van der Waals surface area (Å²) in [5.74, 6) is 0. The Morgan fingerprint density at radius 1 is 1.89 bits per heavy atom. The molecule has 0 spiro atoms. The molecule has 0 aromatic carbocycles. The molecule has 0 aromatic heterocycles. The summed E-state index contributed by atoms with van der Waals surface area (Å²) < 4.78 is 0. The lowest BCUT2D eigenvalue weighted by molar-refractivity contribution is -0.108. The van der Waals surface area contributed by atoms with E-state index in [4.69, 9.17) is 5.73 Å². The molecular formula is C5H8N2OS. The van der Waals surface area contributed by atoms with Gasteiger partial charge in [0, 0.05) is 12.6 Å². The van der Waals surface area contributed by atoms with Crippen LogP contribution in [0.3, 0.4) is 0 Å². The van der Waals surface area contributed by atoms with Crippen LogP contribution in [0.4, 0.5) is 0 Å². The quantitative estimate of drug-likeness (QED) is 0.535. The molecule has 0 saturated heterocycles. The third kappa shape index (κ3) is 1.46. The summed E-state index contributed by atoms with van der Waals surface area (Å²) >= 11 is 1.42. The van der Waals surface area contributed by atoms with Crippen LogP contribution in [0, 0.1) is 0 Å². The van der Waals surface area contributed by atoms with Crippen molar-refractivity contribution in [2.75, 3.05) is 0 Å². The largest absolute Gasteiger partial charge is 0.364 e. The molecule has 1 rings (SSSR count). The van der Waals surface area contributed by atoms with Crippen LogP contribution in [0.25, 0.3) is 0 Å². The SMILES string of the molecule is NC1(CC=O)NC=CS1. The van der Waals surface area contributed by atoms with Crippen LogP contribution in [0.1, 0.15) is 6.42 Å². The summed E-state index contributed by atoms with van der Waals surface area (Å²) in [7, 11) is 0. The molecular weight excluding hydrogens is 136 g/mol. The van der Waals surface area contributed by atoms with E-state index in [-0.39, 0.29) is 0 Å². The summed E-state index contributed by atoms with van der Waals surface area (Å²) in [6.07, 6.45) is 2.89. The summed E-state index contributed by atoms with van der Waals surface area (Å²) in [4.78, 5) is 9.44. The van der Waals surface area contributed by atoms with E-state index in [1.54, 1.807) is 6.20 Å². The van der Waals surface area contributed by atoms with Crippen LogP contribution in [0.15, 0.2) is 11.6 Å². The van der Waals surface area contributed by atoms with Crippen LogP contribution in [-0.2, 0) is 4.79 Å². The maximum Gasteiger partial charge on any atom is 0.144 e. The normalized spacial score (nSPS) is 32.1. The Bertz CT molecular complexity index is 138. The minimum Gasteiger partial charge on any atom is -0.364 e. The van der Waals surface area contributed by atoms with Crippen LogP contribution < -0.4 is 11.1 Å². The van der Waals surface area contributed by atoms with Gasteiger partial charge in [-0.15, -0.1) is 0 Å². The Balaban J connectivity index is 2.44. The van der Waals surface area contributed by atoms with Crippen molar-refractivity contribution in [1.29, 1.82) is 0 Å². The molecule has 4 heteroatoms. The lowest BCUT2D eigenvalue weighted by Gasteiger charge is -2.19. The molecule has 1 unspecified atom stereocenters. The first kappa shape index (κ1) is 6.64. The third-order valence-electron chi connectivity index (χ3n) is 1.06. The van der Waals surface area contributed by atoms with Crippen molar-refractivity contribution in [3.63, 3.8) is 0 Å². The monoisotopic (exact) mass is 144 g/mol. The van der Waals surface area contributed by atoms with Gasteiger partial charge >= 0.3 is 0 Å². The number of aldehydes is 1. The minimum absolute atomic E-state index is 0.338. The zero-order chi connectivity index (χ0) is 6.74. The fourth-order valence-electron chi connectivity index (χ4n) is 0.595. The Morgan fingerprint density at radius 2 is 2.67 bits per heavy atom. The number of thioether (sulfide) groups is 1. The number of nitrogens with two attached hydrogens (primary N) is 1. The smallest absolute Gasteiger partial charge is 0.144 e. The van der Waals surface area contributed by atoms with Crippen LogP contribution >= 0.6 is 11.8 Å². The fourth-order valence-corrected chi connectivity index (χ4v) is 1.27. The van der Waals surface area contributed by atoms with Crippen molar-refractivity contribution in [1.82, 2.24) is 5.32 Å². The number of carbonyl (C=O) groups excluding carboxylic acids is 1. The van der Waals surface area contributed by atoms with Gasteiger partial charge in [0.1, 0.15) is 11.3 Å². The molecule has 0 aliphatic carbocycles. The maximum absolute atomic E-state index is 10.0. The molecule has 50 valence electrons. The van der Waals surface area contributed by atoms with Crippen molar-refractivity contribution in [2.24, 2.45) is 5.73 Å².